The third-order valence-electron chi connectivity index (χ3n) is 2.85. The van der Waals surface area contributed by atoms with Gasteiger partial charge in [-0.3, -0.25) is 0 Å². The largest absolute Gasteiger partial charge is 0.311 e. The predicted molar refractivity (Wildman–Crippen MR) is 89.3 cm³/mol. The van der Waals surface area contributed by atoms with Crippen LogP contribution in [-0.4, -0.2) is 19.4 Å². The maximum atomic E-state index is 10.8. The summed E-state index contributed by atoms with van der Waals surface area (Å²) in [6, 6.07) is 14.4. The van der Waals surface area contributed by atoms with Crippen LogP contribution in [0.3, 0.4) is 0 Å². The average molecular weight is 273 g/mol. The summed E-state index contributed by atoms with van der Waals surface area (Å²) in [6.07, 6.45) is 1.70. The lowest BCUT2D eigenvalue weighted by molar-refractivity contribution is -0.109. The van der Waals surface area contributed by atoms with Gasteiger partial charge in [-0.15, -0.1) is 0 Å². The maximum Gasteiger partial charge on any atom is 0.137 e. The van der Waals surface area contributed by atoms with Crippen molar-refractivity contribution < 1.29 is 4.79 Å². The van der Waals surface area contributed by atoms with Gasteiger partial charge in [0.25, 0.3) is 0 Å². The van der Waals surface area contributed by atoms with Crippen molar-refractivity contribution in [3.8, 4) is 0 Å². The summed E-state index contributed by atoms with van der Waals surface area (Å²) in [5.41, 5.74) is 1.21. The molecule has 0 aliphatic heterocycles. The SMILES string of the molecule is CC.CC.CNC(C=O)Cc1cccc2ccccc12. The van der Waals surface area contributed by atoms with Crippen LogP contribution in [0.5, 0.6) is 0 Å². The first-order valence-electron chi connectivity index (χ1n) is 7.44. The van der Waals surface area contributed by atoms with Crippen molar-refractivity contribution in [1.82, 2.24) is 5.32 Å². The van der Waals surface area contributed by atoms with Gasteiger partial charge in [0, 0.05) is 0 Å². The molecular weight excluding hydrogens is 246 g/mol. The molecule has 2 heteroatoms. The van der Waals surface area contributed by atoms with Gasteiger partial charge in [-0.25, -0.2) is 0 Å². The Kier molecular flexibility index (Phi) is 10.2. The fourth-order valence-electron chi connectivity index (χ4n) is 1.93. The molecule has 0 spiro atoms. The molecule has 0 aromatic heterocycles. The Hall–Kier alpha value is -1.67. The minimum atomic E-state index is -0.106. The molecule has 0 saturated carbocycles. The van der Waals surface area contributed by atoms with E-state index in [1.54, 1.807) is 0 Å². The van der Waals surface area contributed by atoms with Crippen molar-refractivity contribution in [3.05, 3.63) is 48.0 Å². The lowest BCUT2D eigenvalue weighted by atomic mass is 9.99. The summed E-state index contributed by atoms with van der Waals surface area (Å²) >= 11 is 0. The van der Waals surface area contributed by atoms with Crippen LogP contribution in [0.15, 0.2) is 42.5 Å². The summed E-state index contributed by atoms with van der Waals surface area (Å²) in [6.45, 7) is 8.00. The Balaban J connectivity index is 0.000000829. The summed E-state index contributed by atoms with van der Waals surface area (Å²) < 4.78 is 0. The molecule has 20 heavy (non-hydrogen) atoms. The molecule has 0 aliphatic rings. The topological polar surface area (TPSA) is 29.1 Å². The third kappa shape index (κ3) is 5.14. The maximum absolute atomic E-state index is 10.8. The van der Waals surface area contributed by atoms with E-state index >= 15 is 0 Å². The zero-order valence-electron chi connectivity index (χ0n) is 13.3. The molecule has 1 unspecified atom stereocenters. The molecule has 0 radical (unpaired) electrons. The molecule has 2 aromatic rings. The zero-order valence-corrected chi connectivity index (χ0v) is 13.3. The minimum absolute atomic E-state index is 0.106. The number of likely N-dealkylation sites (N-methyl/N-ethyl adjacent to an activating group) is 1. The van der Waals surface area contributed by atoms with Crippen LogP contribution in [0, 0.1) is 0 Å². The molecule has 2 aromatic carbocycles. The standard InChI is InChI=1S/C14H15NO.2C2H6/c1-15-13(10-16)9-12-7-4-6-11-5-2-3-8-14(11)12;2*1-2/h2-8,10,13,15H,9H2,1H3;2*1-2H3. The molecule has 0 heterocycles. The second-order valence-electron chi connectivity index (χ2n) is 3.87. The Morgan fingerprint density at radius 2 is 1.60 bits per heavy atom. The van der Waals surface area contributed by atoms with Gasteiger partial charge in [0.1, 0.15) is 6.29 Å². The Morgan fingerprint density at radius 1 is 1.00 bits per heavy atom. The van der Waals surface area contributed by atoms with Gasteiger partial charge in [-0.1, -0.05) is 70.2 Å². The predicted octanol–water partition coefficient (Wildman–Crippen LogP) is 4.22. The van der Waals surface area contributed by atoms with E-state index in [-0.39, 0.29) is 6.04 Å². The van der Waals surface area contributed by atoms with E-state index in [1.807, 2.05) is 52.9 Å². The van der Waals surface area contributed by atoms with E-state index in [2.05, 4.69) is 29.6 Å². The Labute approximate surface area is 123 Å². The number of hydrogen-bond donors (Lipinski definition) is 1. The van der Waals surface area contributed by atoms with Gasteiger partial charge in [-0.05, 0) is 29.8 Å². The summed E-state index contributed by atoms with van der Waals surface area (Å²) in [7, 11) is 1.81. The normalized spacial score (nSPS) is 10.7. The summed E-state index contributed by atoms with van der Waals surface area (Å²) in [4.78, 5) is 10.8. The fraction of sp³-hybridized carbons (Fsp3) is 0.389. The van der Waals surface area contributed by atoms with E-state index in [4.69, 9.17) is 0 Å². The van der Waals surface area contributed by atoms with Gasteiger partial charge in [0.2, 0.25) is 0 Å². The average Bonchev–Trinajstić information content (AvgIpc) is 2.56. The molecule has 0 saturated heterocycles. The van der Waals surface area contributed by atoms with Crippen molar-refractivity contribution in [1.29, 1.82) is 0 Å². The highest BCUT2D eigenvalue weighted by atomic mass is 16.1. The lowest BCUT2D eigenvalue weighted by Gasteiger charge is -2.11. The summed E-state index contributed by atoms with van der Waals surface area (Å²) in [5.74, 6) is 0. The van der Waals surface area contributed by atoms with Crippen molar-refractivity contribution in [2.75, 3.05) is 7.05 Å². The van der Waals surface area contributed by atoms with E-state index in [1.165, 1.54) is 16.3 Å². The fourth-order valence-corrected chi connectivity index (χ4v) is 1.93. The number of benzene rings is 2. The second-order valence-corrected chi connectivity index (χ2v) is 3.87. The van der Waals surface area contributed by atoms with E-state index in [0.29, 0.717) is 0 Å². The first kappa shape index (κ1) is 18.3. The molecule has 0 aliphatic carbocycles. The quantitative estimate of drug-likeness (QED) is 0.845. The van der Waals surface area contributed by atoms with Crippen molar-refractivity contribution >= 4 is 17.1 Å². The van der Waals surface area contributed by atoms with Crippen molar-refractivity contribution in [3.63, 3.8) is 0 Å². The van der Waals surface area contributed by atoms with E-state index in [0.717, 1.165) is 12.7 Å². The molecule has 2 rings (SSSR count). The molecule has 0 bridgehead atoms. The Morgan fingerprint density at radius 3 is 2.20 bits per heavy atom. The van der Waals surface area contributed by atoms with Gasteiger partial charge in [0.05, 0.1) is 6.04 Å². The highest BCUT2D eigenvalue weighted by molar-refractivity contribution is 5.86. The molecule has 2 nitrogen and oxygen atoms in total. The van der Waals surface area contributed by atoms with Gasteiger partial charge < -0.3 is 10.1 Å². The molecule has 110 valence electrons. The van der Waals surface area contributed by atoms with Crippen molar-refractivity contribution in [2.45, 2.75) is 40.2 Å². The molecule has 0 amide bonds. The van der Waals surface area contributed by atoms with Crippen LogP contribution >= 0.6 is 0 Å². The number of rotatable bonds is 4. The van der Waals surface area contributed by atoms with Crippen LogP contribution in [0.2, 0.25) is 0 Å². The highest BCUT2D eigenvalue weighted by Crippen LogP contribution is 2.19. The Bertz CT molecular complexity index is 488. The molecule has 1 N–H and O–H groups in total. The molecular formula is C18H27NO. The lowest BCUT2D eigenvalue weighted by Crippen LogP contribution is -2.28. The molecule has 1 atom stereocenters. The monoisotopic (exact) mass is 273 g/mol. The van der Waals surface area contributed by atoms with E-state index in [9.17, 15) is 4.79 Å². The van der Waals surface area contributed by atoms with Crippen LogP contribution < -0.4 is 5.32 Å². The number of aldehydes is 1. The van der Waals surface area contributed by atoms with E-state index < -0.39 is 0 Å². The van der Waals surface area contributed by atoms with Crippen LogP contribution in [0.1, 0.15) is 33.3 Å². The number of fused-ring (bicyclic) bond motifs is 1. The van der Waals surface area contributed by atoms with Crippen LogP contribution in [0.25, 0.3) is 10.8 Å². The number of nitrogens with one attached hydrogen (secondary N) is 1. The minimum Gasteiger partial charge on any atom is -0.311 e. The van der Waals surface area contributed by atoms with Gasteiger partial charge in [-0.2, -0.15) is 0 Å². The first-order chi connectivity index (χ1) is 9.85. The number of carbonyl (C=O) groups excluding carboxylic acids is 1. The molecule has 0 fully saturated rings. The zero-order chi connectivity index (χ0) is 15.4. The number of carbonyl (C=O) groups is 1. The van der Waals surface area contributed by atoms with Gasteiger partial charge in [0.15, 0.2) is 0 Å². The second kappa shape index (κ2) is 11.2. The number of hydrogen-bond acceptors (Lipinski definition) is 2. The van der Waals surface area contributed by atoms with Crippen LogP contribution in [-0.2, 0) is 11.2 Å². The first-order valence-corrected chi connectivity index (χ1v) is 7.44. The smallest absolute Gasteiger partial charge is 0.137 e. The van der Waals surface area contributed by atoms with Gasteiger partial charge >= 0.3 is 0 Å². The van der Waals surface area contributed by atoms with Crippen LogP contribution in [0.4, 0.5) is 0 Å². The highest BCUT2D eigenvalue weighted by Gasteiger charge is 2.07. The third-order valence-corrected chi connectivity index (χ3v) is 2.85. The summed E-state index contributed by atoms with van der Waals surface area (Å²) in [5, 5.41) is 5.45. The van der Waals surface area contributed by atoms with Crippen molar-refractivity contribution in [2.24, 2.45) is 0 Å².